The van der Waals surface area contributed by atoms with Crippen LogP contribution in [0, 0.1) is 0 Å². The molecule has 0 spiro atoms. The number of hydrogen-bond acceptors (Lipinski definition) is 5. The lowest BCUT2D eigenvalue weighted by atomic mass is 10.3. The second kappa shape index (κ2) is 6.21. The van der Waals surface area contributed by atoms with Crippen LogP contribution < -0.4 is 10.0 Å². The van der Waals surface area contributed by atoms with Gasteiger partial charge in [-0.15, -0.1) is 11.3 Å². The van der Waals surface area contributed by atoms with Crippen LogP contribution in [0.4, 0.5) is 0 Å². The van der Waals surface area contributed by atoms with Gasteiger partial charge in [0.25, 0.3) is 10.0 Å². The summed E-state index contributed by atoms with van der Waals surface area (Å²) in [4.78, 5) is 11.8. The van der Waals surface area contributed by atoms with Gasteiger partial charge in [-0.3, -0.25) is 4.79 Å². The van der Waals surface area contributed by atoms with E-state index < -0.39 is 22.0 Å². The van der Waals surface area contributed by atoms with Crippen molar-refractivity contribution in [3.05, 3.63) is 41.7 Å². The minimum Gasteiger partial charge on any atom is -0.467 e. The highest BCUT2D eigenvalue weighted by molar-refractivity contribution is 7.91. The van der Waals surface area contributed by atoms with Crippen LogP contribution in [0.1, 0.15) is 12.7 Å². The van der Waals surface area contributed by atoms with Crippen LogP contribution in [0.2, 0.25) is 0 Å². The molecule has 2 N–H and O–H groups in total. The zero-order valence-electron chi connectivity index (χ0n) is 10.7. The minimum atomic E-state index is -3.65. The van der Waals surface area contributed by atoms with Crippen LogP contribution in [0.15, 0.2) is 44.5 Å². The molecule has 108 valence electrons. The third-order valence-electron chi connectivity index (χ3n) is 2.50. The Morgan fingerprint density at radius 2 is 2.20 bits per heavy atom. The molecule has 0 aliphatic heterocycles. The maximum Gasteiger partial charge on any atom is 0.250 e. The maximum atomic E-state index is 11.9. The van der Waals surface area contributed by atoms with Gasteiger partial charge in [0, 0.05) is 0 Å². The van der Waals surface area contributed by atoms with Gasteiger partial charge in [0.15, 0.2) is 0 Å². The van der Waals surface area contributed by atoms with E-state index in [0.717, 1.165) is 11.3 Å². The van der Waals surface area contributed by atoms with E-state index in [1.807, 2.05) is 0 Å². The Kier molecular flexibility index (Phi) is 4.58. The fraction of sp³-hybridized carbons (Fsp3) is 0.250. The highest BCUT2D eigenvalue weighted by Crippen LogP contribution is 2.15. The van der Waals surface area contributed by atoms with Crippen molar-refractivity contribution < 1.29 is 17.6 Å². The molecule has 0 saturated carbocycles. The number of carbonyl (C=O) groups is 1. The zero-order valence-corrected chi connectivity index (χ0v) is 12.3. The molecule has 2 aromatic heterocycles. The van der Waals surface area contributed by atoms with E-state index in [0.29, 0.717) is 5.76 Å². The van der Waals surface area contributed by atoms with Crippen molar-refractivity contribution in [1.82, 2.24) is 10.0 Å². The zero-order chi connectivity index (χ0) is 14.6. The van der Waals surface area contributed by atoms with E-state index in [-0.39, 0.29) is 10.8 Å². The van der Waals surface area contributed by atoms with Crippen molar-refractivity contribution in [3.63, 3.8) is 0 Å². The first-order valence-corrected chi connectivity index (χ1v) is 8.21. The fourth-order valence-electron chi connectivity index (χ4n) is 1.50. The largest absolute Gasteiger partial charge is 0.467 e. The Morgan fingerprint density at radius 3 is 2.80 bits per heavy atom. The number of hydrogen-bond donors (Lipinski definition) is 2. The highest BCUT2D eigenvalue weighted by atomic mass is 32.2. The first kappa shape index (κ1) is 14.8. The first-order chi connectivity index (χ1) is 9.49. The predicted octanol–water partition coefficient (Wildman–Crippen LogP) is 1.32. The molecule has 0 aliphatic carbocycles. The molecule has 2 rings (SSSR count). The molecule has 2 heterocycles. The van der Waals surface area contributed by atoms with E-state index in [4.69, 9.17) is 4.42 Å². The lowest BCUT2D eigenvalue weighted by Crippen LogP contribution is -2.44. The molecule has 0 aromatic carbocycles. The number of amides is 1. The highest BCUT2D eigenvalue weighted by Gasteiger charge is 2.22. The van der Waals surface area contributed by atoms with Crippen molar-refractivity contribution >= 4 is 27.3 Å². The van der Waals surface area contributed by atoms with Gasteiger partial charge in [-0.05, 0) is 30.5 Å². The average molecular weight is 314 g/mol. The van der Waals surface area contributed by atoms with Crippen LogP contribution in [-0.4, -0.2) is 20.4 Å². The third kappa shape index (κ3) is 3.69. The summed E-state index contributed by atoms with van der Waals surface area (Å²) in [6, 6.07) is 5.70. The molecule has 0 saturated heterocycles. The van der Waals surface area contributed by atoms with Gasteiger partial charge < -0.3 is 9.73 Å². The van der Waals surface area contributed by atoms with E-state index >= 15 is 0 Å². The lowest BCUT2D eigenvalue weighted by molar-refractivity contribution is -0.122. The molecule has 0 fully saturated rings. The standard InChI is InChI=1S/C12H14N2O4S2/c1-9(12(15)13-8-10-4-2-6-18-10)14-20(16,17)11-5-3-7-19-11/h2-7,9,14H,8H2,1H3,(H,13,15)/t9-/m1/s1. The van der Waals surface area contributed by atoms with Crippen molar-refractivity contribution in [2.45, 2.75) is 23.7 Å². The number of thiophene rings is 1. The molecular formula is C12H14N2O4S2. The normalized spacial score (nSPS) is 13.1. The van der Waals surface area contributed by atoms with Gasteiger partial charge in [-0.2, -0.15) is 4.72 Å². The Morgan fingerprint density at radius 1 is 1.40 bits per heavy atom. The van der Waals surface area contributed by atoms with Crippen molar-refractivity contribution in [2.24, 2.45) is 0 Å². The van der Waals surface area contributed by atoms with Crippen LogP contribution in [0.25, 0.3) is 0 Å². The second-order valence-corrected chi connectivity index (χ2v) is 6.96. The molecule has 0 unspecified atom stereocenters. The number of nitrogens with one attached hydrogen (secondary N) is 2. The van der Waals surface area contributed by atoms with Crippen LogP contribution in [0.5, 0.6) is 0 Å². The van der Waals surface area contributed by atoms with Crippen LogP contribution in [-0.2, 0) is 21.4 Å². The molecule has 0 radical (unpaired) electrons. The molecule has 6 nitrogen and oxygen atoms in total. The van der Waals surface area contributed by atoms with Gasteiger partial charge in [-0.25, -0.2) is 8.42 Å². The minimum absolute atomic E-state index is 0.184. The average Bonchev–Trinajstić information content (AvgIpc) is 3.08. The first-order valence-electron chi connectivity index (χ1n) is 5.85. The van der Waals surface area contributed by atoms with Crippen molar-refractivity contribution in [3.8, 4) is 0 Å². The number of carbonyl (C=O) groups excluding carboxylic acids is 1. The smallest absolute Gasteiger partial charge is 0.250 e. The van der Waals surface area contributed by atoms with Gasteiger partial charge in [-0.1, -0.05) is 6.07 Å². The molecule has 0 aliphatic rings. The SMILES string of the molecule is C[C@@H](NS(=O)(=O)c1cccs1)C(=O)NCc1ccco1. The number of furan rings is 1. The second-order valence-electron chi connectivity index (χ2n) is 4.07. The Bertz CT molecular complexity index is 648. The lowest BCUT2D eigenvalue weighted by Gasteiger charge is -2.13. The van der Waals surface area contributed by atoms with Gasteiger partial charge >= 0.3 is 0 Å². The third-order valence-corrected chi connectivity index (χ3v) is 5.44. The summed E-state index contributed by atoms with van der Waals surface area (Å²) < 4.78 is 31.5. The van der Waals surface area contributed by atoms with Gasteiger partial charge in [0.2, 0.25) is 5.91 Å². The molecule has 1 atom stereocenters. The van der Waals surface area contributed by atoms with Gasteiger partial charge in [0.05, 0.1) is 18.8 Å². The molecular weight excluding hydrogens is 300 g/mol. The summed E-state index contributed by atoms with van der Waals surface area (Å²) in [5.74, 6) is 0.188. The van der Waals surface area contributed by atoms with Crippen LogP contribution in [0.3, 0.4) is 0 Å². The van der Waals surface area contributed by atoms with E-state index in [1.165, 1.54) is 19.3 Å². The predicted molar refractivity (Wildman–Crippen MR) is 74.7 cm³/mol. The summed E-state index contributed by atoms with van der Waals surface area (Å²) >= 11 is 1.10. The summed E-state index contributed by atoms with van der Waals surface area (Å²) in [6.07, 6.45) is 1.50. The fourth-order valence-corrected chi connectivity index (χ4v) is 3.71. The Balaban J connectivity index is 1.91. The molecule has 0 bridgehead atoms. The van der Waals surface area contributed by atoms with Gasteiger partial charge in [0.1, 0.15) is 9.97 Å². The van der Waals surface area contributed by atoms with Crippen molar-refractivity contribution in [1.29, 1.82) is 0 Å². The molecule has 20 heavy (non-hydrogen) atoms. The molecule has 8 heteroatoms. The summed E-state index contributed by atoms with van der Waals surface area (Å²) in [5.41, 5.74) is 0. The Hall–Kier alpha value is -1.64. The monoisotopic (exact) mass is 314 g/mol. The quantitative estimate of drug-likeness (QED) is 0.842. The summed E-state index contributed by atoms with van der Waals surface area (Å²) in [6.45, 7) is 1.71. The number of rotatable bonds is 6. The summed E-state index contributed by atoms with van der Waals surface area (Å²) in [7, 11) is -3.65. The van der Waals surface area contributed by atoms with E-state index in [9.17, 15) is 13.2 Å². The molecule has 1 amide bonds. The van der Waals surface area contributed by atoms with Crippen molar-refractivity contribution in [2.75, 3.05) is 0 Å². The topological polar surface area (TPSA) is 88.4 Å². The number of sulfonamides is 1. The summed E-state index contributed by atoms with van der Waals surface area (Å²) in [5, 5.41) is 4.26. The van der Waals surface area contributed by atoms with E-state index in [2.05, 4.69) is 10.0 Å². The Labute approximate surface area is 120 Å². The van der Waals surface area contributed by atoms with Crippen LogP contribution >= 0.6 is 11.3 Å². The van der Waals surface area contributed by atoms with E-state index in [1.54, 1.807) is 23.6 Å². The molecule has 2 aromatic rings. The maximum absolute atomic E-state index is 11.9.